The van der Waals surface area contributed by atoms with Gasteiger partial charge in [0.05, 0.1) is 15.2 Å². The summed E-state index contributed by atoms with van der Waals surface area (Å²) in [7, 11) is 0. The molecular formula is C16H18N2S2. The van der Waals surface area contributed by atoms with Gasteiger partial charge in [0.1, 0.15) is 0 Å². The van der Waals surface area contributed by atoms with E-state index in [4.69, 9.17) is 4.98 Å². The Hall–Kier alpha value is -1.23. The van der Waals surface area contributed by atoms with E-state index in [0.717, 1.165) is 24.9 Å². The Bertz CT molecular complexity index is 625. The zero-order valence-electron chi connectivity index (χ0n) is 11.5. The van der Waals surface area contributed by atoms with Crippen molar-refractivity contribution in [3.63, 3.8) is 0 Å². The molecule has 2 nitrogen and oxygen atoms in total. The first-order chi connectivity index (χ1) is 9.86. The monoisotopic (exact) mass is 302 g/mol. The molecule has 0 aliphatic heterocycles. The summed E-state index contributed by atoms with van der Waals surface area (Å²) < 4.78 is 1.28. The first-order valence-electron chi connectivity index (χ1n) is 6.98. The van der Waals surface area contributed by atoms with E-state index < -0.39 is 0 Å². The van der Waals surface area contributed by atoms with Crippen LogP contribution in [-0.2, 0) is 6.42 Å². The van der Waals surface area contributed by atoms with Crippen molar-refractivity contribution in [2.75, 3.05) is 6.54 Å². The third-order valence-electron chi connectivity index (χ3n) is 3.24. The van der Waals surface area contributed by atoms with Crippen molar-refractivity contribution in [1.82, 2.24) is 10.3 Å². The predicted molar refractivity (Wildman–Crippen MR) is 88.7 cm³/mol. The van der Waals surface area contributed by atoms with Crippen molar-refractivity contribution in [2.45, 2.75) is 25.8 Å². The molecule has 3 aromatic rings. The molecule has 0 bridgehead atoms. The first-order valence-corrected chi connectivity index (χ1v) is 8.67. The number of aromatic nitrogens is 1. The van der Waals surface area contributed by atoms with Crippen molar-refractivity contribution in [1.29, 1.82) is 0 Å². The van der Waals surface area contributed by atoms with Gasteiger partial charge in [0.15, 0.2) is 0 Å². The number of rotatable bonds is 6. The van der Waals surface area contributed by atoms with Crippen molar-refractivity contribution in [3.8, 4) is 0 Å². The Balaban J connectivity index is 1.81. The van der Waals surface area contributed by atoms with Crippen LogP contribution >= 0.6 is 22.7 Å². The average molecular weight is 302 g/mol. The Morgan fingerprint density at radius 3 is 2.85 bits per heavy atom. The third kappa shape index (κ3) is 3.08. The lowest BCUT2D eigenvalue weighted by molar-refractivity contribution is 0.536. The van der Waals surface area contributed by atoms with Crippen molar-refractivity contribution >= 4 is 32.9 Å². The van der Waals surface area contributed by atoms with Gasteiger partial charge >= 0.3 is 0 Å². The summed E-state index contributed by atoms with van der Waals surface area (Å²) in [5.41, 5.74) is 1.12. The number of thiazole rings is 1. The molecule has 2 aromatic heterocycles. The fraction of sp³-hybridized carbons (Fsp3) is 0.312. The summed E-state index contributed by atoms with van der Waals surface area (Å²) >= 11 is 3.63. The van der Waals surface area contributed by atoms with Crippen LogP contribution in [0.25, 0.3) is 10.2 Å². The molecule has 0 aliphatic rings. The van der Waals surface area contributed by atoms with Crippen molar-refractivity contribution < 1.29 is 0 Å². The molecule has 1 atom stereocenters. The Morgan fingerprint density at radius 2 is 2.10 bits per heavy atom. The summed E-state index contributed by atoms with van der Waals surface area (Å²) in [6, 6.07) is 13.1. The second-order valence-electron chi connectivity index (χ2n) is 4.80. The quantitative estimate of drug-likeness (QED) is 0.717. The smallest absolute Gasteiger partial charge is 0.0957 e. The fourth-order valence-corrected chi connectivity index (χ4v) is 4.08. The van der Waals surface area contributed by atoms with Gasteiger partial charge in [-0.15, -0.1) is 22.7 Å². The second kappa shape index (κ2) is 6.48. The van der Waals surface area contributed by atoms with Crippen LogP contribution in [0.4, 0.5) is 0 Å². The van der Waals surface area contributed by atoms with E-state index in [0.29, 0.717) is 6.04 Å². The highest BCUT2D eigenvalue weighted by Crippen LogP contribution is 2.28. The van der Waals surface area contributed by atoms with Crippen LogP contribution in [0.5, 0.6) is 0 Å². The fourth-order valence-electron chi connectivity index (χ4n) is 2.26. The van der Waals surface area contributed by atoms with E-state index in [1.54, 1.807) is 0 Å². The van der Waals surface area contributed by atoms with Gasteiger partial charge < -0.3 is 5.32 Å². The number of para-hydroxylation sites is 1. The van der Waals surface area contributed by atoms with E-state index in [2.05, 4.69) is 54.0 Å². The normalized spacial score (nSPS) is 12.8. The molecule has 4 heteroatoms. The molecule has 1 unspecified atom stereocenters. The van der Waals surface area contributed by atoms with Crippen LogP contribution in [0.3, 0.4) is 0 Å². The predicted octanol–water partition coefficient (Wildman–Crippen LogP) is 4.64. The number of fused-ring (bicyclic) bond motifs is 1. The van der Waals surface area contributed by atoms with Gasteiger partial charge in [0.25, 0.3) is 0 Å². The number of thiophene rings is 1. The minimum Gasteiger partial charge on any atom is -0.309 e. The molecule has 0 saturated carbocycles. The number of nitrogens with zero attached hydrogens (tertiary/aromatic N) is 1. The molecule has 0 fully saturated rings. The number of hydrogen-bond acceptors (Lipinski definition) is 4. The van der Waals surface area contributed by atoms with Gasteiger partial charge in [-0.1, -0.05) is 25.1 Å². The molecule has 0 aliphatic carbocycles. The summed E-state index contributed by atoms with van der Waals surface area (Å²) in [5, 5.41) is 7.00. The molecule has 1 aromatic carbocycles. The van der Waals surface area contributed by atoms with Crippen LogP contribution in [0, 0.1) is 0 Å². The minimum absolute atomic E-state index is 0.385. The average Bonchev–Trinajstić information content (AvgIpc) is 3.11. The van der Waals surface area contributed by atoms with Gasteiger partial charge in [0.2, 0.25) is 0 Å². The first kappa shape index (κ1) is 13.7. The standard InChI is InChI=1S/C16H18N2S2/c1-2-9-17-13(14-8-5-10-19-14)11-16-18-12-6-3-4-7-15(12)20-16/h3-8,10,13,17H,2,9,11H2,1H3. The van der Waals surface area contributed by atoms with Crippen LogP contribution in [-0.4, -0.2) is 11.5 Å². The Morgan fingerprint density at radius 1 is 1.20 bits per heavy atom. The summed E-state index contributed by atoms with van der Waals surface area (Å²) in [4.78, 5) is 6.15. The van der Waals surface area contributed by atoms with Gasteiger partial charge in [-0.05, 0) is 36.5 Å². The third-order valence-corrected chi connectivity index (χ3v) is 5.29. The molecule has 0 radical (unpaired) electrons. The van der Waals surface area contributed by atoms with Crippen LogP contribution in [0.2, 0.25) is 0 Å². The minimum atomic E-state index is 0.385. The van der Waals surface area contributed by atoms with Crippen LogP contribution in [0.1, 0.15) is 29.3 Å². The highest BCUT2D eigenvalue weighted by atomic mass is 32.1. The van der Waals surface area contributed by atoms with Gasteiger partial charge in [-0.3, -0.25) is 0 Å². The Labute approximate surface area is 127 Å². The van der Waals surface area contributed by atoms with Crippen molar-refractivity contribution in [3.05, 3.63) is 51.7 Å². The Kier molecular flexibility index (Phi) is 4.45. The molecule has 104 valence electrons. The van der Waals surface area contributed by atoms with Gasteiger partial charge in [0, 0.05) is 17.3 Å². The molecular weight excluding hydrogens is 284 g/mol. The van der Waals surface area contributed by atoms with E-state index >= 15 is 0 Å². The lowest BCUT2D eigenvalue weighted by Gasteiger charge is -2.15. The number of hydrogen-bond donors (Lipinski definition) is 1. The molecule has 2 heterocycles. The van der Waals surface area contributed by atoms with Gasteiger partial charge in [-0.2, -0.15) is 0 Å². The van der Waals surface area contributed by atoms with E-state index in [1.165, 1.54) is 14.6 Å². The maximum atomic E-state index is 4.75. The molecule has 0 spiro atoms. The summed E-state index contributed by atoms with van der Waals surface area (Å²) in [6.45, 7) is 3.25. The van der Waals surface area contributed by atoms with E-state index in [1.807, 2.05) is 22.7 Å². The maximum Gasteiger partial charge on any atom is 0.0957 e. The largest absolute Gasteiger partial charge is 0.309 e. The lowest BCUT2D eigenvalue weighted by atomic mass is 10.1. The number of nitrogens with one attached hydrogen (secondary N) is 1. The highest BCUT2D eigenvalue weighted by molar-refractivity contribution is 7.18. The highest BCUT2D eigenvalue weighted by Gasteiger charge is 2.15. The van der Waals surface area contributed by atoms with Crippen molar-refractivity contribution in [2.24, 2.45) is 0 Å². The lowest BCUT2D eigenvalue weighted by Crippen LogP contribution is -2.23. The maximum absolute atomic E-state index is 4.75. The SMILES string of the molecule is CCCNC(Cc1nc2ccccc2s1)c1cccs1. The van der Waals surface area contributed by atoms with E-state index in [-0.39, 0.29) is 0 Å². The summed E-state index contributed by atoms with van der Waals surface area (Å²) in [6.07, 6.45) is 2.13. The molecule has 3 rings (SSSR count). The van der Waals surface area contributed by atoms with Gasteiger partial charge in [-0.25, -0.2) is 4.98 Å². The second-order valence-corrected chi connectivity index (χ2v) is 6.90. The topological polar surface area (TPSA) is 24.9 Å². The molecule has 0 amide bonds. The zero-order valence-corrected chi connectivity index (χ0v) is 13.1. The molecule has 0 saturated heterocycles. The molecule has 1 N–H and O–H groups in total. The molecule has 20 heavy (non-hydrogen) atoms. The van der Waals surface area contributed by atoms with E-state index in [9.17, 15) is 0 Å². The summed E-state index contributed by atoms with van der Waals surface area (Å²) in [5.74, 6) is 0. The van der Waals surface area contributed by atoms with Crippen LogP contribution < -0.4 is 5.32 Å². The van der Waals surface area contributed by atoms with Crippen LogP contribution in [0.15, 0.2) is 41.8 Å². The number of benzene rings is 1. The zero-order chi connectivity index (χ0) is 13.8.